The molecule has 0 bridgehead atoms. The van der Waals surface area contributed by atoms with Gasteiger partial charge in [-0.2, -0.15) is 0 Å². The molecule has 0 atom stereocenters. The minimum Gasteiger partial charge on any atom is -0.340 e. The molecule has 1 N–H and O–H groups in total. The Morgan fingerprint density at radius 3 is 2.28 bits per heavy atom. The Bertz CT molecular complexity index is 823. The monoisotopic (exact) mass is 523 g/mol. The summed E-state index contributed by atoms with van der Waals surface area (Å²) in [5.41, 5.74) is 0. The molecule has 10 heteroatoms. The number of halogens is 2. The van der Waals surface area contributed by atoms with Crippen molar-refractivity contribution in [2.75, 3.05) is 26.2 Å². The lowest BCUT2D eigenvalue weighted by Crippen LogP contribution is -2.54. The lowest BCUT2D eigenvalue weighted by molar-refractivity contribution is -0.139. The van der Waals surface area contributed by atoms with Crippen LogP contribution in [0.3, 0.4) is 0 Å². The molecule has 2 heterocycles. The highest BCUT2D eigenvalue weighted by Crippen LogP contribution is 2.35. The first kappa shape index (κ1) is 22.0. The van der Waals surface area contributed by atoms with E-state index in [4.69, 9.17) is 11.6 Å². The summed E-state index contributed by atoms with van der Waals surface area (Å²) < 4.78 is 29.2. The molecule has 0 spiro atoms. The molecule has 0 unspecified atom stereocenters. The molecule has 6 nitrogen and oxygen atoms in total. The second kappa shape index (κ2) is 9.12. The van der Waals surface area contributed by atoms with Crippen molar-refractivity contribution >= 4 is 54.8 Å². The average molecular weight is 525 g/mol. The van der Waals surface area contributed by atoms with Crippen molar-refractivity contribution in [2.45, 2.75) is 61.2 Å². The van der Waals surface area contributed by atoms with Gasteiger partial charge in [-0.1, -0.05) is 18.0 Å². The summed E-state index contributed by atoms with van der Waals surface area (Å²) in [5.74, 6) is 0.282. The quantitative estimate of drug-likeness (QED) is 0.638. The van der Waals surface area contributed by atoms with E-state index in [1.165, 1.54) is 25.3 Å². The Morgan fingerprint density at radius 1 is 1.10 bits per heavy atom. The van der Waals surface area contributed by atoms with E-state index in [-0.39, 0.29) is 22.1 Å². The van der Waals surface area contributed by atoms with Crippen LogP contribution in [0.1, 0.15) is 44.9 Å². The first-order valence-corrected chi connectivity index (χ1v) is 13.8. The summed E-state index contributed by atoms with van der Waals surface area (Å²) in [6.45, 7) is 3.64. The van der Waals surface area contributed by atoms with Crippen LogP contribution >= 0.6 is 38.9 Å². The van der Waals surface area contributed by atoms with Crippen LogP contribution in [-0.2, 0) is 14.8 Å². The van der Waals surface area contributed by atoms with Crippen LogP contribution in [0.4, 0.5) is 0 Å². The largest absolute Gasteiger partial charge is 0.340 e. The average Bonchev–Trinajstić information content (AvgIpc) is 3.00. The van der Waals surface area contributed by atoms with Crippen LogP contribution in [0.15, 0.2) is 14.7 Å². The Morgan fingerprint density at radius 2 is 1.76 bits per heavy atom. The van der Waals surface area contributed by atoms with E-state index in [1.54, 1.807) is 0 Å². The first-order valence-electron chi connectivity index (χ1n) is 10.3. The van der Waals surface area contributed by atoms with Crippen LogP contribution in [0.5, 0.6) is 0 Å². The first-order chi connectivity index (χ1) is 13.8. The second-order valence-electron chi connectivity index (χ2n) is 8.30. The number of nitrogens with zero attached hydrogens (tertiary/aromatic N) is 2. The number of hydrogen-bond donors (Lipinski definition) is 1. The molecule has 1 aromatic heterocycles. The third-order valence-electron chi connectivity index (χ3n) is 6.50. The van der Waals surface area contributed by atoms with Gasteiger partial charge in [-0.25, -0.2) is 13.1 Å². The van der Waals surface area contributed by atoms with Gasteiger partial charge in [-0.05, 0) is 60.5 Å². The number of thiophene rings is 1. The number of carbonyl (C=O) groups is 1. The Hall–Kier alpha value is -0.190. The molecule has 3 fully saturated rings. The van der Waals surface area contributed by atoms with E-state index in [1.807, 2.05) is 4.90 Å². The maximum Gasteiger partial charge on any atom is 0.250 e. The molecule has 29 heavy (non-hydrogen) atoms. The van der Waals surface area contributed by atoms with Crippen LogP contribution < -0.4 is 4.72 Å². The Balaban J connectivity index is 1.25. The van der Waals surface area contributed by atoms with E-state index in [0.29, 0.717) is 21.7 Å². The normalized spacial score (nSPS) is 27.0. The van der Waals surface area contributed by atoms with E-state index in [2.05, 4.69) is 25.6 Å². The molecule has 162 valence electrons. The van der Waals surface area contributed by atoms with Crippen LogP contribution in [0.2, 0.25) is 4.34 Å². The summed E-state index contributed by atoms with van der Waals surface area (Å²) >= 11 is 10.3. The fraction of sp³-hybridized carbons (Fsp3) is 0.737. The Labute approximate surface area is 190 Å². The van der Waals surface area contributed by atoms with Crippen molar-refractivity contribution in [1.29, 1.82) is 0 Å². The van der Waals surface area contributed by atoms with Crippen LogP contribution in [0.25, 0.3) is 0 Å². The molecule has 1 aromatic rings. The van der Waals surface area contributed by atoms with E-state index >= 15 is 0 Å². The number of sulfonamides is 1. The molecule has 4 rings (SSSR count). The number of rotatable bonds is 5. The van der Waals surface area contributed by atoms with Gasteiger partial charge in [0.05, 0.1) is 0 Å². The van der Waals surface area contributed by atoms with Gasteiger partial charge in [0.15, 0.2) is 0 Å². The highest BCUT2D eigenvalue weighted by Gasteiger charge is 2.34. The third-order valence-corrected chi connectivity index (χ3v) is 11.0. The maximum absolute atomic E-state index is 12.9. The zero-order valence-electron chi connectivity index (χ0n) is 16.3. The fourth-order valence-corrected chi connectivity index (χ4v) is 8.13. The number of amides is 1. The van der Waals surface area contributed by atoms with Gasteiger partial charge < -0.3 is 4.90 Å². The molecule has 2 saturated carbocycles. The molecule has 0 radical (unpaired) electrons. The number of hydrogen-bond acceptors (Lipinski definition) is 5. The zero-order valence-corrected chi connectivity index (χ0v) is 20.3. The molecule has 0 aromatic carbocycles. The second-order valence-corrected chi connectivity index (χ2v) is 12.8. The molecular weight excluding hydrogens is 498 g/mol. The standard InChI is InChI=1S/C19H27BrClN3O3S2/c20-16-12-17(28-18(16)21)29(26,27)22-14-6-4-13(5-7-14)19(25)24-10-8-23(9-11-24)15-2-1-3-15/h12-15,22H,1-11H2/t13-,14-. The highest BCUT2D eigenvalue weighted by molar-refractivity contribution is 9.10. The summed E-state index contributed by atoms with van der Waals surface area (Å²) in [4.78, 5) is 17.5. The minimum atomic E-state index is -3.58. The van der Waals surface area contributed by atoms with Crippen molar-refractivity contribution in [3.8, 4) is 0 Å². The third kappa shape index (κ3) is 5.01. The number of piperazine rings is 1. The molecule has 1 amide bonds. The summed E-state index contributed by atoms with van der Waals surface area (Å²) in [5, 5.41) is 0. The highest BCUT2D eigenvalue weighted by atomic mass is 79.9. The summed E-state index contributed by atoms with van der Waals surface area (Å²) in [7, 11) is -3.58. The molecule has 1 saturated heterocycles. The fourth-order valence-electron chi connectivity index (χ4n) is 4.51. The lowest BCUT2D eigenvalue weighted by Gasteiger charge is -2.44. The van der Waals surface area contributed by atoms with Gasteiger partial charge in [0.2, 0.25) is 15.9 Å². The topological polar surface area (TPSA) is 69.7 Å². The van der Waals surface area contributed by atoms with Gasteiger partial charge in [-0.3, -0.25) is 9.69 Å². The molecule has 1 aliphatic heterocycles. The van der Waals surface area contributed by atoms with Gasteiger partial charge in [0.1, 0.15) is 8.55 Å². The summed E-state index contributed by atoms with van der Waals surface area (Å²) in [6.07, 6.45) is 6.82. The van der Waals surface area contributed by atoms with Crippen molar-refractivity contribution in [3.63, 3.8) is 0 Å². The predicted molar refractivity (Wildman–Crippen MR) is 119 cm³/mol. The van der Waals surface area contributed by atoms with E-state index in [9.17, 15) is 13.2 Å². The number of carbonyl (C=O) groups excluding carboxylic acids is 1. The van der Waals surface area contributed by atoms with E-state index < -0.39 is 10.0 Å². The molecular formula is C19H27BrClN3O3S2. The van der Waals surface area contributed by atoms with Gasteiger partial charge in [0.25, 0.3) is 0 Å². The smallest absolute Gasteiger partial charge is 0.250 e. The van der Waals surface area contributed by atoms with Crippen LogP contribution in [-0.4, -0.2) is 62.4 Å². The molecule has 2 aliphatic carbocycles. The summed E-state index contributed by atoms with van der Waals surface area (Å²) in [6, 6.07) is 2.15. The van der Waals surface area contributed by atoms with Gasteiger partial charge >= 0.3 is 0 Å². The van der Waals surface area contributed by atoms with Crippen molar-refractivity contribution in [3.05, 3.63) is 14.9 Å². The van der Waals surface area contributed by atoms with Crippen molar-refractivity contribution in [2.24, 2.45) is 5.92 Å². The zero-order chi connectivity index (χ0) is 20.6. The van der Waals surface area contributed by atoms with E-state index in [0.717, 1.165) is 56.4 Å². The van der Waals surface area contributed by atoms with Crippen LogP contribution in [0, 0.1) is 5.92 Å². The number of nitrogens with one attached hydrogen (secondary N) is 1. The maximum atomic E-state index is 12.9. The van der Waals surface area contributed by atoms with Gasteiger partial charge in [-0.15, -0.1) is 11.3 Å². The lowest BCUT2D eigenvalue weighted by atomic mass is 9.85. The van der Waals surface area contributed by atoms with Crippen molar-refractivity contribution in [1.82, 2.24) is 14.5 Å². The van der Waals surface area contributed by atoms with Crippen molar-refractivity contribution < 1.29 is 13.2 Å². The minimum absolute atomic E-state index is 0.0244. The molecule has 3 aliphatic rings. The van der Waals surface area contributed by atoms with Gasteiger partial charge in [0, 0.05) is 48.7 Å². The SMILES string of the molecule is O=C([C@H]1CC[C@H](NS(=O)(=O)c2cc(Br)c(Cl)s2)CC1)N1CCN(C2CCC2)CC1. The predicted octanol–water partition coefficient (Wildman–Crippen LogP) is 3.70. The Kier molecular flexibility index (Phi) is 6.93.